The van der Waals surface area contributed by atoms with Crippen molar-refractivity contribution in [2.45, 2.75) is 13.3 Å². The molecule has 0 unspecified atom stereocenters. The zero-order valence-electron chi connectivity index (χ0n) is 12.9. The van der Waals surface area contributed by atoms with Gasteiger partial charge in [0.25, 0.3) is 0 Å². The Morgan fingerprint density at radius 1 is 1.27 bits per heavy atom. The van der Waals surface area contributed by atoms with E-state index in [4.69, 9.17) is 21.6 Å². The molecule has 0 amide bonds. The van der Waals surface area contributed by atoms with Gasteiger partial charge in [-0.25, -0.2) is 4.98 Å². The summed E-state index contributed by atoms with van der Waals surface area (Å²) in [5, 5.41) is 9.31. The molecule has 0 radical (unpaired) electrons. The maximum atomic E-state index is 9.15. The van der Waals surface area contributed by atoms with E-state index >= 15 is 0 Å². The number of ether oxygens (including phenoxy) is 1. The first kappa shape index (κ1) is 16.3. The van der Waals surface area contributed by atoms with Crippen molar-refractivity contribution >= 4 is 11.6 Å². The normalized spacial score (nSPS) is 10.5. The van der Waals surface area contributed by atoms with Crippen molar-refractivity contribution in [3.05, 3.63) is 52.3 Å². The second-order valence-electron chi connectivity index (χ2n) is 5.34. The molecule has 0 N–H and O–H groups in total. The van der Waals surface area contributed by atoms with Crippen molar-refractivity contribution in [1.29, 1.82) is 5.26 Å². The van der Waals surface area contributed by atoms with E-state index < -0.39 is 0 Å². The third-order valence-corrected chi connectivity index (χ3v) is 3.57. The van der Waals surface area contributed by atoms with Crippen molar-refractivity contribution in [3.8, 4) is 17.6 Å². The van der Waals surface area contributed by atoms with Crippen LogP contribution in [0.4, 0.5) is 0 Å². The Kier molecular flexibility index (Phi) is 5.37. The van der Waals surface area contributed by atoms with Crippen LogP contribution in [0.15, 0.2) is 30.5 Å². The summed E-state index contributed by atoms with van der Waals surface area (Å²) >= 11 is 5.91. The van der Waals surface area contributed by atoms with Gasteiger partial charge >= 0.3 is 0 Å². The van der Waals surface area contributed by atoms with Gasteiger partial charge in [-0.15, -0.1) is 0 Å². The van der Waals surface area contributed by atoms with Crippen LogP contribution in [0.3, 0.4) is 0 Å². The predicted molar refractivity (Wildman–Crippen MR) is 87.5 cm³/mol. The molecule has 0 saturated heterocycles. The Labute approximate surface area is 135 Å². The Balaban J connectivity index is 2.21. The Morgan fingerprint density at radius 3 is 2.68 bits per heavy atom. The van der Waals surface area contributed by atoms with E-state index in [0.717, 1.165) is 18.5 Å². The number of halogens is 1. The zero-order chi connectivity index (χ0) is 16.1. The lowest BCUT2D eigenvalue weighted by Gasteiger charge is -2.13. The van der Waals surface area contributed by atoms with Crippen molar-refractivity contribution in [2.24, 2.45) is 0 Å². The first-order valence-corrected chi connectivity index (χ1v) is 7.35. The molecular weight excluding hydrogens is 298 g/mol. The third-order valence-electron chi connectivity index (χ3n) is 3.29. The zero-order valence-corrected chi connectivity index (χ0v) is 13.7. The molecule has 1 aromatic carbocycles. The van der Waals surface area contributed by atoms with Gasteiger partial charge in [-0.3, -0.25) is 0 Å². The number of nitrogens with zero attached hydrogens (tertiary/aromatic N) is 3. The van der Waals surface area contributed by atoms with Gasteiger partial charge in [-0.2, -0.15) is 5.26 Å². The molecule has 4 nitrogen and oxygen atoms in total. The number of hydrogen-bond acceptors (Lipinski definition) is 4. The van der Waals surface area contributed by atoms with E-state index in [9.17, 15) is 0 Å². The van der Waals surface area contributed by atoms with Gasteiger partial charge in [0.2, 0.25) is 0 Å². The number of hydrogen-bond donors (Lipinski definition) is 0. The maximum Gasteiger partial charge on any atom is 0.150 e. The van der Waals surface area contributed by atoms with Crippen molar-refractivity contribution in [2.75, 3.05) is 20.6 Å². The van der Waals surface area contributed by atoms with E-state index in [1.165, 1.54) is 11.8 Å². The average Bonchev–Trinajstić information content (AvgIpc) is 2.48. The molecular formula is C17H18ClN3O. The highest BCUT2D eigenvalue weighted by Crippen LogP contribution is 2.30. The summed E-state index contributed by atoms with van der Waals surface area (Å²) in [5.41, 5.74) is 2.53. The molecule has 5 heteroatoms. The van der Waals surface area contributed by atoms with Crippen molar-refractivity contribution in [1.82, 2.24) is 9.88 Å². The molecule has 0 spiro atoms. The molecule has 0 atom stereocenters. The Bertz CT molecular complexity index is 708. The summed E-state index contributed by atoms with van der Waals surface area (Å²) in [4.78, 5) is 6.04. The molecule has 114 valence electrons. The first-order valence-electron chi connectivity index (χ1n) is 6.98. The third kappa shape index (κ3) is 3.97. The van der Waals surface area contributed by atoms with Crippen LogP contribution in [-0.2, 0) is 6.42 Å². The van der Waals surface area contributed by atoms with Crippen LogP contribution in [0.2, 0.25) is 5.15 Å². The Hall–Kier alpha value is -2.09. The summed E-state index contributed by atoms with van der Waals surface area (Å²) in [7, 11) is 4.11. The fourth-order valence-corrected chi connectivity index (χ4v) is 2.25. The van der Waals surface area contributed by atoms with Crippen molar-refractivity contribution in [3.63, 3.8) is 0 Å². The largest absolute Gasteiger partial charge is 0.456 e. The van der Waals surface area contributed by atoms with Gasteiger partial charge in [-0.05, 0) is 44.6 Å². The molecule has 0 aliphatic rings. The van der Waals surface area contributed by atoms with Crippen LogP contribution in [0.1, 0.15) is 16.7 Å². The monoisotopic (exact) mass is 315 g/mol. The molecule has 0 bridgehead atoms. The molecule has 0 fully saturated rings. The number of aromatic nitrogens is 1. The van der Waals surface area contributed by atoms with E-state index in [1.807, 2.05) is 25.1 Å². The highest BCUT2D eigenvalue weighted by atomic mass is 35.5. The van der Waals surface area contributed by atoms with Gasteiger partial charge in [0.15, 0.2) is 5.15 Å². The molecule has 0 aliphatic heterocycles. The summed E-state index contributed by atoms with van der Waals surface area (Å²) in [6, 6.07) is 9.74. The highest BCUT2D eigenvalue weighted by molar-refractivity contribution is 6.30. The van der Waals surface area contributed by atoms with Crippen LogP contribution in [-0.4, -0.2) is 30.5 Å². The van der Waals surface area contributed by atoms with Crippen LogP contribution in [0.25, 0.3) is 0 Å². The van der Waals surface area contributed by atoms with E-state index in [2.05, 4.69) is 30.0 Å². The van der Waals surface area contributed by atoms with Gasteiger partial charge in [0, 0.05) is 18.8 Å². The smallest absolute Gasteiger partial charge is 0.150 e. The fourth-order valence-electron chi connectivity index (χ4n) is 2.06. The Morgan fingerprint density at radius 2 is 2.05 bits per heavy atom. The van der Waals surface area contributed by atoms with Gasteiger partial charge in [0.1, 0.15) is 23.1 Å². The van der Waals surface area contributed by atoms with Crippen LogP contribution in [0, 0.1) is 18.3 Å². The summed E-state index contributed by atoms with van der Waals surface area (Å²) < 4.78 is 5.84. The predicted octanol–water partition coefficient (Wildman–Crippen LogP) is 3.81. The maximum absolute atomic E-state index is 9.15. The molecule has 2 rings (SSSR count). The van der Waals surface area contributed by atoms with Crippen molar-refractivity contribution < 1.29 is 4.74 Å². The number of likely N-dealkylation sites (N-methyl/N-ethyl adjacent to an activating group) is 1. The van der Waals surface area contributed by atoms with Crippen LogP contribution >= 0.6 is 11.6 Å². The van der Waals surface area contributed by atoms with Crippen LogP contribution < -0.4 is 4.74 Å². The summed E-state index contributed by atoms with van der Waals surface area (Å²) in [6.07, 6.45) is 2.51. The molecule has 1 heterocycles. The molecule has 22 heavy (non-hydrogen) atoms. The standard InChI is InChI=1S/C17H18ClN3O/c1-12-10-13(7-9-21(2)3)4-5-15(12)22-16-6-8-20-17(18)14(16)11-19/h4-6,8,10H,7,9H2,1-3H3. The lowest BCUT2D eigenvalue weighted by molar-refractivity contribution is 0.413. The number of nitriles is 1. The number of pyridine rings is 1. The number of benzene rings is 1. The molecule has 0 saturated carbocycles. The molecule has 1 aromatic heterocycles. The molecule has 2 aromatic rings. The number of aryl methyl sites for hydroxylation is 1. The SMILES string of the molecule is Cc1cc(CCN(C)C)ccc1Oc1ccnc(Cl)c1C#N. The quantitative estimate of drug-likeness (QED) is 0.787. The summed E-state index contributed by atoms with van der Waals surface area (Å²) in [5.74, 6) is 1.14. The van der Waals surface area contributed by atoms with E-state index in [0.29, 0.717) is 11.5 Å². The number of rotatable bonds is 5. The highest BCUT2D eigenvalue weighted by Gasteiger charge is 2.11. The average molecular weight is 316 g/mol. The van der Waals surface area contributed by atoms with E-state index in [-0.39, 0.29) is 10.7 Å². The summed E-state index contributed by atoms with van der Waals surface area (Å²) in [6.45, 7) is 2.99. The second-order valence-corrected chi connectivity index (χ2v) is 5.70. The topological polar surface area (TPSA) is 49.1 Å². The van der Waals surface area contributed by atoms with Gasteiger partial charge < -0.3 is 9.64 Å². The lowest BCUT2D eigenvalue weighted by atomic mass is 10.1. The minimum atomic E-state index is 0.153. The second kappa shape index (κ2) is 7.26. The van der Waals surface area contributed by atoms with E-state index in [1.54, 1.807) is 6.07 Å². The minimum Gasteiger partial charge on any atom is -0.456 e. The lowest BCUT2D eigenvalue weighted by Crippen LogP contribution is -2.15. The first-order chi connectivity index (χ1) is 10.5. The van der Waals surface area contributed by atoms with Gasteiger partial charge in [-0.1, -0.05) is 23.7 Å². The van der Waals surface area contributed by atoms with Crippen LogP contribution in [0.5, 0.6) is 11.5 Å². The fraction of sp³-hybridized carbons (Fsp3) is 0.294. The van der Waals surface area contributed by atoms with Gasteiger partial charge in [0.05, 0.1) is 0 Å². The molecule has 0 aliphatic carbocycles. The minimum absolute atomic E-state index is 0.153.